The van der Waals surface area contributed by atoms with Gasteiger partial charge in [-0.1, -0.05) is 18.7 Å². The fraction of sp³-hybridized carbons (Fsp3) is 0.111. The highest BCUT2D eigenvalue weighted by Gasteiger charge is 2.00. The molecule has 0 heterocycles. The van der Waals surface area contributed by atoms with E-state index in [1.807, 2.05) is 24.3 Å². The fourth-order valence-electron chi connectivity index (χ4n) is 1.84. The summed E-state index contributed by atoms with van der Waals surface area (Å²) in [5.74, 6) is 0.758. The summed E-state index contributed by atoms with van der Waals surface area (Å²) < 4.78 is 18.4. The lowest BCUT2D eigenvalue weighted by atomic mass is 10.1. The van der Waals surface area contributed by atoms with Gasteiger partial charge in [0.25, 0.3) is 5.91 Å². The molecule has 112 valence electrons. The maximum Gasteiger partial charge on any atom is 0.251 e. The SMILES string of the molecule is C=C=CC(=O)NCCc1ccc(Oc2ccc(F)cc2)cc1. The molecular weight excluding hydrogens is 281 g/mol. The molecule has 22 heavy (non-hydrogen) atoms. The molecule has 0 radical (unpaired) electrons. The highest BCUT2D eigenvalue weighted by Crippen LogP contribution is 2.21. The summed E-state index contributed by atoms with van der Waals surface area (Å²) >= 11 is 0. The molecular formula is C18H16FNO2. The number of ether oxygens (including phenoxy) is 1. The first kappa shape index (κ1) is 15.5. The molecule has 2 aromatic rings. The smallest absolute Gasteiger partial charge is 0.251 e. The van der Waals surface area contributed by atoms with Crippen LogP contribution in [-0.2, 0) is 11.2 Å². The largest absolute Gasteiger partial charge is 0.457 e. The molecule has 4 heteroatoms. The van der Waals surface area contributed by atoms with E-state index in [1.165, 1.54) is 18.2 Å². The van der Waals surface area contributed by atoms with E-state index in [1.54, 1.807) is 12.1 Å². The van der Waals surface area contributed by atoms with Gasteiger partial charge in [-0.25, -0.2) is 4.39 Å². The summed E-state index contributed by atoms with van der Waals surface area (Å²) in [5, 5.41) is 2.73. The maximum atomic E-state index is 12.8. The Morgan fingerprint density at radius 3 is 2.32 bits per heavy atom. The predicted octanol–water partition coefficient (Wildman–Crippen LogP) is 3.62. The molecule has 1 amide bonds. The first-order chi connectivity index (χ1) is 10.7. The zero-order valence-electron chi connectivity index (χ0n) is 12.0. The molecule has 2 aromatic carbocycles. The van der Waals surface area contributed by atoms with Crippen LogP contribution in [0.5, 0.6) is 11.5 Å². The molecule has 0 bridgehead atoms. The second-order valence-corrected chi connectivity index (χ2v) is 4.59. The Hall–Kier alpha value is -2.84. The Kier molecular flexibility index (Phi) is 5.52. The van der Waals surface area contributed by atoms with Crippen LogP contribution in [0.15, 0.2) is 66.9 Å². The molecule has 0 spiro atoms. The second-order valence-electron chi connectivity index (χ2n) is 4.59. The van der Waals surface area contributed by atoms with Gasteiger partial charge in [-0.2, -0.15) is 0 Å². The van der Waals surface area contributed by atoms with Crippen molar-refractivity contribution in [2.75, 3.05) is 6.54 Å². The predicted molar refractivity (Wildman–Crippen MR) is 83.3 cm³/mol. The van der Waals surface area contributed by atoms with Crippen molar-refractivity contribution in [2.24, 2.45) is 0 Å². The summed E-state index contributed by atoms with van der Waals surface area (Å²) in [7, 11) is 0. The quantitative estimate of drug-likeness (QED) is 0.653. The zero-order valence-corrected chi connectivity index (χ0v) is 12.0. The van der Waals surface area contributed by atoms with E-state index >= 15 is 0 Å². The number of benzene rings is 2. The van der Waals surface area contributed by atoms with Gasteiger partial charge < -0.3 is 10.1 Å². The molecule has 0 aliphatic carbocycles. The standard InChI is InChI=1S/C18H16FNO2/c1-2-3-18(21)20-13-12-14-4-8-16(9-5-14)22-17-10-6-15(19)7-11-17/h3-11H,1,12-13H2,(H,20,21). The summed E-state index contributed by atoms with van der Waals surface area (Å²) in [6.45, 7) is 3.88. The van der Waals surface area contributed by atoms with Gasteiger partial charge in [0.1, 0.15) is 17.3 Å². The normalized spacial score (nSPS) is 9.68. The van der Waals surface area contributed by atoms with Crippen molar-refractivity contribution in [1.29, 1.82) is 0 Å². The number of carbonyl (C=O) groups is 1. The van der Waals surface area contributed by atoms with Gasteiger partial charge in [0, 0.05) is 12.6 Å². The van der Waals surface area contributed by atoms with Gasteiger partial charge in [-0.3, -0.25) is 4.79 Å². The highest BCUT2D eigenvalue weighted by molar-refractivity contribution is 5.87. The van der Waals surface area contributed by atoms with Crippen LogP contribution < -0.4 is 10.1 Å². The topological polar surface area (TPSA) is 38.3 Å². The Morgan fingerprint density at radius 2 is 1.73 bits per heavy atom. The van der Waals surface area contributed by atoms with Crippen LogP contribution in [0.4, 0.5) is 4.39 Å². The van der Waals surface area contributed by atoms with E-state index in [-0.39, 0.29) is 11.7 Å². The Labute approximate surface area is 128 Å². The van der Waals surface area contributed by atoms with Crippen LogP contribution >= 0.6 is 0 Å². The lowest BCUT2D eigenvalue weighted by Crippen LogP contribution is -2.23. The van der Waals surface area contributed by atoms with Crippen LogP contribution in [0.25, 0.3) is 0 Å². The van der Waals surface area contributed by atoms with E-state index in [4.69, 9.17) is 4.74 Å². The van der Waals surface area contributed by atoms with Gasteiger partial charge in [0.15, 0.2) is 0 Å². The average Bonchev–Trinajstić information content (AvgIpc) is 2.52. The Balaban J connectivity index is 1.86. The molecule has 0 aliphatic rings. The number of amides is 1. The first-order valence-corrected chi connectivity index (χ1v) is 6.83. The molecule has 0 aromatic heterocycles. The minimum atomic E-state index is -0.295. The number of hydrogen-bond acceptors (Lipinski definition) is 2. The molecule has 1 N–H and O–H groups in total. The van der Waals surface area contributed by atoms with Gasteiger partial charge in [0.05, 0.1) is 0 Å². The van der Waals surface area contributed by atoms with E-state index in [9.17, 15) is 9.18 Å². The minimum Gasteiger partial charge on any atom is -0.457 e. The number of carbonyl (C=O) groups excluding carboxylic acids is 1. The van der Waals surface area contributed by atoms with Crippen molar-refractivity contribution < 1.29 is 13.9 Å². The van der Waals surface area contributed by atoms with Crippen molar-refractivity contribution >= 4 is 5.91 Å². The van der Waals surface area contributed by atoms with Gasteiger partial charge >= 0.3 is 0 Å². The van der Waals surface area contributed by atoms with Crippen LogP contribution in [0.3, 0.4) is 0 Å². The Morgan fingerprint density at radius 1 is 1.14 bits per heavy atom. The highest BCUT2D eigenvalue weighted by atomic mass is 19.1. The molecule has 0 saturated heterocycles. The van der Waals surface area contributed by atoms with Gasteiger partial charge in [0.2, 0.25) is 0 Å². The fourth-order valence-corrected chi connectivity index (χ4v) is 1.84. The van der Waals surface area contributed by atoms with E-state index in [0.29, 0.717) is 24.5 Å². The molecule has 0 atom stereocenters. The van der Waals surface area contributed by atoms with Crippen molar-refractivity contribution in [1.82, 2.24) is 5.32 Å². The first-order valence-electron chi connectivity index (χ1n) is 6.83. The van der Waals surface area contributed by atoms with Gasteiger partial charge in [-0.15, -0.1) is 5.73 Å². The third kappa shape index (κ3) is 4.93. The molecule has 0 fully saturated rings. The summed E-state index contributed by atoms with van der Waals surface area (Å²) in [5.41, 5.74) is 3.50. The van der Waals surface area contributed by atoms with Crippen molar-refractivity contribution in [3.8, 4) is 11.5 Å². The number of nitrogens with one attached hydrogen (secondary N) is 1. The second kappa shape index (κ2) is 7.81. The van der Waals surface area contributed by atoms with Crippen molar-refractivity contribution in [3.05, 3.63) is 78.3 Å². The van der Waals surface area contributed by atoms with E-state index in [2.05, 4.69) is 17.6 Å². The Bertz CT molecular complexity index is 671. The van der Waals surface area contributed by atoms with E-state index in [0.717, 1.165) is 5.56 Å². The van der Waals surface area contributed by atoms with Gasteiger partial charge in [-0.05, 0) is 48.4 Å². The average molecular weight is 297 g/mol. The third-order valence-corrected chi connectivity index (χ3v) is 2.92. The van der Waals surface area contributed by atoms with Crippen LogP contribution in [0.1, 0.15) is 5.56 Å². The molecule has 2 rings (SSSR count). The zero-order chi connectivity index (χ0) is 15.8. The summed E-state index contributed by atoms with van der Waals surface area (Å²) in [6.07, 6.45) is 1.98. The summed E-state index contributed by atoms with van der Waals surface area (Å²) in [6, 6.07) is 13.4. The van der Waals surface area contributed by atoms with Crippen LogP contribution in [0.2, 0.25) is 0 Å². The lowest BCUT2D eigenvalue weighted by Gasteiger charge is -2.07. The molecule has 0 unspecified atom stereocenters. The van der Waals surface area contributed by atoms with E-state index < -0.39 is 0 Å². The monoisotopic (exact) mass is 297 g/mol. The number of hydrogen-bond donors (Lipinski definition) is 1. The van der Waals surface area contributed by atoms with Crippen LogP contribution in [0, 0.1) is 5.82 Å². The molecule has 0 saturated carbocycles. The number of halogens is 1. The molecule has 0 aliphatic heterocycles. The van der Waals surface area contributed by atoms with Crippen molar-refractivity contribution in [3.63, 3.8) is 0 Å². The lowest BCUT2D eigenvalue weighted by molar-refractivity contribution is -0.116. The minimum absolute atomic E-state index is 0.203. The third-order valence-electron chi connectivity index (χ3n) is 2.92. The summed E-state index contributed by atoms with van der Waals surface area (Å²) in [4.78, 5) is 11.2. The number of rotatable bonds is 6. The maximum absolute atomic E-state index is 12.8. The van der Waals surface area contributed by atoms with Crippen molar-refractivity contribution in [2.45, 2.75) is 6.42 Å². The molecule has 3 nitrogen and oxygen atoms in total. The van der Waals surface area contributed by atoms with Crippen LogP contribution in [-0.4, -0.2) is 12.5 Å².